The van der Waals surface area contributed by atoms with Gasteiger partial charge in [-0.1, -0.05) is 35.1 Å². The van der Waals surface area contributed by atoms with Crippen LogP contribution in [0, 0.1) is 0 Å². The van der Waals surface area contributed by atoms with Crippen molar-refractivity contribution in [2.75, 3.05) is 24.5 Å². The first-order valence-electron chi connectivity index (χ1n) is 10.4. The zero-order valence-electron chi connectivity index (χ0n) is 17.9. The monoisotopic (exact) mass is 519 g/mol. The molecule has 2 aromatic carbocycles. The Kier molecular flexibility index (Phi) is 5.89. The lowest BCUT2D eigenvalue weighted by atomic mass is 9.98. The lowest BCUT2D eigenvalue weighted by molar-refractivity contribution is -0.137. The molecule has 1 amide bonds. The molecule has 3 N–H and O–H groups in total. The average Bonchev–Trinajstić information content (AvgIpc) is 3.43. The van der Waals surface area contributed by atoms with E-state index in [9.17, 15) is 23.1 Å². The highest BCUT2D eigenvalue weighted by Crippen LogP contribution is 2.42. The summed E-state index contributed by atoms with van der Waals surface area (Å²) in [5, 5.41) is 21.4. The van der Waals surface area contributed by atoms with Gasteiger partial charge in [0.1, 0.15) is 4.88 Å². The summed E-state index contributed by atoms with van der Waals surface area (Å²) in [6, 6.07) is 8.78. The van der Waals surface area contributed by atoms with E-state index in [4.69, 9.17) is 11.6 Å². The highest BCUT2D eigenvalue weighted by Gasteiger charge is 2.33. The predicted octanol–water partition coefficient (Wildman–Crippen LogP) is 4.92. The predicted molar refractivity (Wildman–Crippen MR) is 129 cm³/mol. The van der Waals surface area contributed by atoms with Gasteiger partial charge >= 0.3 is 6.18 Å². The van der Waals surface area contributed by atoms with Crippen LogP contribution in [-0.2, 0) is 11.0 Å². The fraction of sp³-hybridized carbons (Fsp3) is 0.174. The Balaban J connectivity index is 1.68. The molecule has 0 atom stereocenters. The number of nitrogens with one attached hydrogen (secondary N) is 2. The van der Waals surface area contributed by atoms with Crippen molar-refractivity contribution >= 4 is 56.5 Å². The molecule has 0 saturated carbocycles. The molecule has 1 fully saturated rings. The third-order valence-electron chi connectivity index (χ3n) is 5.52. The molecule has 0 aliphatic carbocycles. The SMILES string of the molecule is O=C1CN(c2nc(O)c(C(=Cc3ccc(Cl)cc3C(F)(F)F)c3ccc4[nH]ncc4c3)s2)CCN1. The van der Waals surface area contributed by atoms with Crippen LogP contribution in [0.3, 0.4) is 0 Å². The number of carbonyl (C=O) groups is 1. The molecule has 0 spiro atoms. The molecule has 12 heteroatoms. The number of thiazole rings is 1. The standard InChI is InChI=1S/C23H17ClF3N5O2S/c24-15-3-1-13(17(9-15)23(25,26)27)8-16(12-2-4-18-14(7-12)10-29-31-18)20-21(34)30-22(35-20)32-6-5-28-19(33)11-32/h1-4,7-10,34H,5-6,11H2,(H,28,33)(H,29,31). The van der Waals surface area contributed by atoms with Crippen LogP contribution < -0.4 is 10.2 Å². The van der Waals surface area contributed by atoms with Gasteiger partial charge in [0.15, 0.2) is 5.13 Å². The molecule has 7 nitrogen and oxygen atoms in total. The number of nitrogens with zero attached hydrogens (tertiary/aromatic N) is 3. The number of halogens is 4. The molecule has 4 aromatic rings. The van der Waals surface area contributed by atoms with Crippen molar-refractivity contribution in [3.05, 3.63) is 69.2 Å². The van der Waals surface area contributed by atoms with E-state index < -0.39 is 11.7 Å². The number of piperazine rings is 1. The smallest absolute Gasteiger partial charge is 0.417 e. The molecule has 2 aromatic heterocycles. The second kappa shape index (κ2) is 8.90. The van der Waals surface area contributed by atoms with Crippen molar-refractivity contribution in [1.29, 1.82) is 0 Å². The van der Waals surface area contributed by atoms with Gasteiger partial charge in [-0.2, -0.15) is 23.3 Å². The number of anilines is 1. The lowest BCUT2D eigenvalue weighted by Crippen LogP contribution is -2.47. The van der Waals surface area contributed by atoms with Crippen LogP contribution in [0.4, 0.5) is 18.3 Å². The van der Waals surface area contributed by atoms with E-state index in [1.807, 2.05) is 0 Å². The van der Waals surface area contributed by atoms with Gasteiger partial charge in [-0.05, 0) is 41.5 Å². The molecular formula is C23H17ClF3N5O2S. The van der Waals surface area contributed by atoms with Crippen molar-refractivity contribution in [3.8, 4) is 5.88 Å². The largest absolute Gasteiger partial charge is 0.492 e. The van der Waals surface area contributed by atoms with Crippen molar-refractivity contribution in [1.82, 2.24) is 20.5 Å². The number of rotatable bonds is 4. The zero-order valence-corrected chi connectivity index (χ0v) is 19.4. The van der Waals surface area contributed by atoms with Crippen molar-refractivity contribution in [3.63, 3.8) is 0 Å². The third kappa shape index (κ3) is 4.69. The molecule has 35 heavy (non-hydrogen) atoms. The van der Waals surface area contributed by atoms with Crippen LogP contribution in [-0.4, -0.2) is 45.8 Å². The topological polar surface area (TPSA) is 94.1 Å². The number of hydrogen-bond donors (Lipinski definition) is 3. The first-order chi connectivity index (χ1) is 16.7. The van der Waals surface area contributed by atoms with Crippen LogP contribution in [0.2, 0.25) is 5.02 Å². The van der Waals surface area contributed by atoms with Gasteiger partial charge in [-0.15, -0.1) is 0 Å². The lowest BCUT2D eigenvalue weighted by Gasteiger charge is -2.25. The van der Waals surface area contributed by atoms with Gasteiger partial charge in [0.25, 0.3) is 0 Å². The number of H-pyrrole nitrogens is 1. The summed E-state index contributed by atoms with van der Waals surface area (Å²) in [7, 11) is 0. The van der Waals surface area contributed by atoms with E-state index in [2.05, 4.69) is 20.5 Å². The molecule has 5 rings (SSSR count). The van der Waals surface area contributed by atoms with E-state index >= 15 is 0 Å². The highest BCUT2D eigenvalue weighted by atomic mass is 35.5. The third-order valence-corrected chi connectivity index (χ3v) is 6.90. The Morgan fingerprint density at radius 3 is 2.83 bits per heavy atom. The number of carbonyl (C=O) groups excluding carboxylic acids is 1. The normalized spacial score (nSPS) is 15.0. The van der Waals surface area contributed by atoms with E-state index in [-0.39, 0.29) is 33.8 Å². The van der Waals surface area contributed by atoms with Gasteiger partial charge in [0.2, 0.25) is 11.8 Å². The van der Waals surface area contributed by atoms with E-state index in [0.717, 1.165) is 28.3 Å². The number of amides is 1. The van der Waals surface area contributed by atoms with Gasteiger partial charge in [-0.25, -0.2) is 0 Å². The average molecular weight is 520 g/mol. The number of hydrogen-bond acceptors (Lipinski definition) is 6. The Morgan fingerprint density at radius 1 is 1.23 bits per heavy atom. The summed E-state index contributed by atoms with van der Waals surface area (Å²) < 4.78 is 41.4. The van der Waals surface area contributed by atoms with Gasteiger partial charge in [0, 0.05) is 29.1 Å². The molecule has 3 heterocycles. The molecule has 1 aliphatic heterocycles. The van der Waals surface area contributed by atoms with E-state index in [1.165, 1.54) is 18.2 Å². The van der Waals surface area contributed by atoms with Crippen LogP contribution in [0.25, 0.3) is 22.6 Å². The number of aromatic amines is 1. The maximum Gasteiger partial charge on any atom is 0.417 e. The van der Waals surface area contributed by atoms with Crippen molar-refractivity contribution in [2.24, 2.45) is 0 Å². The Labute approximate surface area is 205 Å². The Morgan fingerprint density at radius 2 is 2.06 bits per heavy atom. The van der Waals surface area contributed by atoms with Crippen LogP contribution in [0.5, 0.6) is 5.88 Å². The summed E-state index contributed by atoms with van der Waals surface area (Å²) in [5.74, 6) is -0.512. The summed E-state index contributed by atoms with van der Waals surface area (Å²) in [6.07, 6.45) is -1.68. The van der Waals surface area contributed by atoms with Crippen LogP contribution >= 0.6 is 22.9 Å². The second-order valence-corrected chi connectivity index (χ2v) is 9.29. The summed E-state index contributed by atoms with van der Waals surface area (Å²) in [6.45, 7) is 0.990. The number of alkyl halides is 3. The number of aromatic nitrogens is 3. The molecule has 180 valence electrons. The Hall–Kier alpha value is -3.57. The minimum Gasteiger partial charge on any atom is -0.492 e. The Bertz CT molecular complexity index is 1460. The molecule has 0 radical (unpaired) electrons. The first kappa shape index (κ1) is 23.2. The zero-order chi connectivity index (χ0) is 24.7. The van der Waals surface area contributed by atoms with Crippen LogP contribution in [0.15, 0.2) is 42.6 Å². The van der Waals surface area contributed by atoms with Gasteiger partial charge in [0.05, 0.1) is 23.8 Å². The summed E-state index contributed by atoms with van der Waals surface area (Å²) in [4.78, 5) is 18.0. The number of fused-ring (bicyclic) bond motifs is 1. The minimum atomic E-state index is -4.64. The number of benzene rings is 2. The molecule has 0 unspecified atom stereocenters. The highest BCUT2D eigenvalue weighted by molar-refractivity contribution is 7.17. The molecular weight excluding hydrogens is 503 g/mol. The second-order valence-electron chi connectivity index (χ2n) is 7.88. The molecule has 1 saturated heterocycles. The maximum atomic E-state index is 13.8. The van der Waals surface area contributed by atoms with E-state index in [1.54, 1.807) is 29.3 Å². The summed E-state index contributed by atoms with van der Waals surface area (Å²) >= 11 is 6.96. The fourth-order valence-corrected chi connectivity index (χ4v) is 5.05. The van der Waals surface area contributed by atoms with Crippen LogP contribution in [0.1, 0.15) is 21.6 Å². The van der Waals surface area contributed by atoms with Gasteiger partial charge < -0.3 is 15.3 Å². The number of aromatic hydroxyl groups is 1. The van der Waals surface area contributed by atoms with Crippen molar-refractivity contribution < 1.29 is 23.1 Å². The first-order valence-corrected chi connectivity index (χ1v) is 11.6. The van der Waals surface area contributed by atoms with Gasteiger partial charge in [-0.3, -0.25) is 9.89 Å². The maximum absolute atomic E-state index is 13.8. The molecule has 0 bridgehead atoms. The summed E-state index contributed by atoms with van der Waals surface area (Å²) in [5.41, 5.74) is 0.635. The van der Waals surface area contributed by atoms with Crippen molar-refractivity contribution in [2.45, 2.75) is 6.18 Å². The quantitative estimate of drug-likeness (QED) is 0.333. The minimum absolute atomic E-state index is 0.0397. The molecule has 1 aliphatic rings. The van der Waals surface area contributed by atoms with E-state index in [0.29, 0.717) is 29.4 Å². The fourth-order valence-electron chi connectivity index (χ4n) is 3.86.